The quantitative estimate of drug-likeness (QED) is 0.808. The minimum absolute atomic E-state index is 0.226. The standard InChI is InChI=1S/C13H19N3O2/c1-2-18-12(17)7-10-8-15-13(16-9-10)11-3-5-14-6-4-11/h8-9,11,14H,2-7H2,1H3. The molecule has 0 bridgehead atoms. The van der Waals surface area contributed by atoms with Gasteiger partial charge in [0.05, 0.1) is 13.0 Å². The molecule has 1 fully saturated rings. The molecule has 1 N–H and O–H groups in total. The van der Waals surface area contributed by atoms with Crippen LogP contribution in [0.3, 0.4) is 0 Å². The summed E-state index contributed by atoms with van der Waals surface area (Å²) >= 11 is 0. The lowest BCUT2D eigenvalue weighted by molar-refractivity contribution is -0.142. The lowest BCUT2D eigenvalue weighted by Gasteiger charge is -2.21. The van der Waals surface area contributed by atoms with Crippen LogP contribution in [0.1, 0.15) is 37.1 Å². The Bertz CT molecular complexity index is 386. The van der Waals surface area contributed by atoms with E-state index in [9.17, 15) is 4.79 Å². The van der Waals surface area contributed by atoms with E-state index in [0.717, 1.165) is 37.3 Å². The fraction of sp³-hybridized carbons (Fsp3) is 0.615. The van der Waals surface area contributed by atoms with E-state index in [2.05, 4.69) is 15.3 Å². The summed E-state index contributed by atoms with van der Waals surface area (Å²) in [6.45, 7) is 4.26. The van der Waals surface area contributed by atoms with Crippen molar-refractivity contribution in [2.75, 3.05) is 19.7 Å². The topological polar surface area (TPSA) is 64.1 Å². The highest BCUT2D eigenvalue weighted by atomic mass is 16.5. The number of carbonyl (C=O) groups excluding carboxylic acids is 1. The second kappa shape index (κ2) is 6.44. The maximum absolute atomic E-state index is 11.3. The summed E-state index contributed by atoms with van der Waals surface area (Å²) in [6, 6.07) is 0. The van der Waals surface area contributed by atoms with E-state index in [1.807, 2.05) is 0 Å². The van der Waals surface area contributed by atoms with Gasteiger partial charge in [-0.25, -0.2) is 9.97 Å². The third kappa shape index (κ3) is 3.50. The number of carbonyl (C=O) groups is 1. The number of nitrogens with one attached hydrogen (secondary N) is 1. The lowest BCUT2D eigenvalue weighted by Crippen LogP contribution is -2.27. The molecule has 98 valence electrons. The monoisotopic (exact) mass is 249 g/mol. The SMILES string of the molecule is CCOC(=O)Cc1cnc(C2CCNCC2)nc1. The molecule has 2 heterocycles. The predicted octanol–water partition coefficient (Wildman–Crippen LogP) is 1.05. The molecule has 2 rings (SSSR count). The first-order chi connectivity index (χ1) is 8.79. The second-order valence-corrected chi connectivity index (χ2v) is 4.46. The van der Waals surface area contributed by atoms with Crippen molar-refractivity contribution in [2.45, 2.75) is 32.1 Å². The fourth-order valence-electron chi connectivity index (χ4n) is 2.13. The summed E-state index contributed by atoms with van der Waals surface area (Å²) in [5.41, 5.74) is 0.811. The maximum Gasteiger partial charge on any atom is 0.310 e. The van der Waals surface area contributed by atoms with Gasteiger partial charge in [-0.3, -0.25) is 4.79 Å². The van der Waals surface area contributed by atoms with Gasteiger partial charge in [-0.05, 0) is 38.4 Å². The summed E-state index contributed by atoms with van der Waals surface area (Å²) in [6.07, 6.45) is 5.89. The van der Waals surface area contributed by atoms with Gasteiger partial charge < -0.3 is 10.1 Å². The van der Waals surface area contributed by atoms with Crippen LogP contribution >= 0.6 is 0 Å². The number of nitrogens with zero attached hydrogens (tertiary/aromatic N) is 2. The van der Waals surface area contributed by atoms with Crippen molar-refractivity contribution in [3.8, 4) is 0 Å². The zero-order valence-corrected chi connectivity index (χ0v) is 10.7. The first kappa shape index (κ1) is 13.0. The van der Waals surface area contributed by atoms with Gasteiger partial charge in [0.2, 0.25) is 0 Å². The van der Waals surface area contributed by atoms with Gasteiger partial charge in [0.15, 0.2) is 0 Å². The van der Waals surface area contributed by atoms with Crippen LogP contribution in [0, 0.1) is 0 Å². The van der Waals surface area contributed by atoms with Gasteiger partial charge in [-0.1, -0.05) is 0 Å². The molecule has 0 aromatic carbocycles. The van der Waals surface area contributed by atoms with Crippen LogP contribution < -0.4 is 5.32 Å². The number of rotatable bonds is 4. The highest BCUT2D eigenvalue weighted by molar-refractivity contribution is 5.72. The van der Waals surface area contributed by atoms with E-state index in [1.54, 1.807) is 19.3 Å². The van der Waals surface area contributed by atoms with Crippen molar-refractivity contribution in [1.29, 1.82) is 0 Å². The Labute approximate surface area is 107 Å². The summed E-state index contributed by atoms with van der Waals surface area (Å²) in [5, 5.41) is 3.32. The minimum atomic E-state index is -0.226. The third-order valence-electron chi connectivity index (χ3n) is 3.08. The molecule has 18 heavy (non-hydrogen) atoms. The highest BCUT2D eigenvalue weighted by Crippen LogP contribution is 2.21. The van der Waals surface area contributed by atoms with Crippen molar-refractivity contribution >= 4 is 5.97 Å². The summed E-state index contributed by atoms with van der Waals surface area (Å²) in [4.78, 5) is 20.1. The Balaban J connectivity index is 1.94. The van der Waals surface area contributed by atoms with Gasteiger partial charge in [0.25, 0.3) is 0 Å². The normalized spacial score (nSPS) is 16.5. The number of esters is 1. The van der Waals surface area contributed by atoms with Crippen molar-refractivity contribution < 1.29 is 9.53 Å². The Kier molecular flexibility index (Phi) is 4.64. The fourth-order valence-corrected chi connectivity index (χ4v) is 2.13. The molecule has 0 amide bonds. The van der Waals surface area contributed by atoms with E-state index in [0.29, 0.717) is 12.5 Å². The molecule has 5 nitrogen and oxygen atoms in total. The molecular formula is C13H19N3O2. The Morgan fingerprint density at radius 1 is 1.39 bits per heavy atom. The Morgan fingerprint density at radius 3 is 2.67 bits per heavy atom. The molecule has 1 saturated heterocycles. The van der Waals surface area contributed by atoms with Crippen molar-refractivity contribution in [1.82, 2.24) is 15.3 Å². The van der Waals surface area contributed by atoms with Crippen molar-refractivity contribution in [2.24, 2.45) is 0 Å². The summed E-state index contributed by atoms with van der Waals surface area (Å²) in [7, 11) is 0. The molecule has 1 aliphatic heterocycles. The van der Waals surface area contributed by atoms with Gasteiger partial charge in [-0.15, -0.1) is 0 Å². The van der Waals surface area contributed by atoms with Crippen LogP contribution in [0.4, 0.5) is 0 Å². The average Bonchev–Trinajstić information content (AvgIpc) is 2.41. The first-order valence-electron chi connectivity index (χ1n) is 6.46. The Morgan fingerprint density at radius 2 is 2.06 bits per heavy atom. The van der Waals surface area contributed by atoms with E-state index in [-0.39, 0.29) is 12.4 Å². The molecule has 1 aromatic rings. The second-order valence-electron chi connectivity index (χ2n) is 4.46. The Hall–Kier alpha value is -1.49. The van der Waals surface area contributed by atoms with Gasteiger partial charge >= 0.3 is 5.97 Å². The molecule has 0 unspecified atom stereocenters. The number of hydrogen-bond acceptors (Lipinski definition) is 5. The molecule has 1 aliphatic rings. The van der Waals surface area contributed by atoms with E-state index in [4.69, 9.17) is 4.74 Å². The van der Waals surface area contributed by atoms with Crippen molar-refractivity contribution in [3.63, 3.8) is 0 Å². The summed E-state index contributed by atoms with van der Waals surface area (Å²) in [5.74, 6) is 1.11. The molecule has 0 radical (unpaired) electrons. The highest BCUT2D eigenvalue weighted by Gasteiger charge is 2.17. The van der Waals surface area contributed by atoms with E-state index in [1.165, 1.54) is 0 Å². The van der Waals surface area contributed by atoms with E-state index >= 15 is 0 Å². The number of ether oxygens (including phenoxy) is 1. The molecule has 0 aliphatic carbocycles. The van der Waals surface area contributed by atoms with E-state index < -0.39 is 0 Å². The number of piperidine rings is 1. The number of hydrogen-bond donors (Lipinski definition) is 1. The van der Waals surface area contributed by atoms with Crippen molar-refractivity contribution in [3.05, 3.63) is 23.8 Å². The van der Waals surface area contributed by atoms with Crippen LogP contribution in [0.15, 0.2) is 12.4 Å². The predicted molar refractivity (Wildman–Crippen MR) is 67.2 cm³/mol. The first-order valence-corrected chi connectivity index (χ1v) is 6.46. The molecule has 1 aromatic heterocycles. The zero-order chi connectivity index (χ0) is 12.8. The molecule has 0 atom stereocenters. The molecule has 0 saturated carbocycles. The largest absolute Gasteiger partial charge is 0.466 e. The molecule has 0 spiro atoms. The third-order valence-corrected chi connectivity index (χ3v) is 3.08. The zero-order valence-electron chi connectivity index (χ0n) is 10.7. The smallest absolute Gasteiger partial charge is 0.310 e. The van der Waals surface area contributed by atoms with Gasteiger partial charge in [-0.2, -0.15) is 0 Å². The number of aromatic nitrogens is 2. The van der Waals surface area contributed by atoms with Gasteiger partial charge in [0, 0.05) is 18.3 Å². The maximum atomic E-state index is 11.3. The van der Waals surface area contributed by atoms with Crippen LogP contribution in [-0.4, -0.2) is 35.6 Å². The van der Waals surface area contributed by atoms with Crippen LogP contribution in [0.25, 0.3) is 0 Å². The summed E-state index contributed by atoms with van der Waals surface area (Å²) < 4.78 is 4.89. The molecular weight excluding hydrogens is 230 g/mol. The lowest BCUT2D eigenvalue weighted by atomic mass is 9.97. The van der Waals surface area contributed by atoms with Crippen LogP contribution in [0.5, 0.6) is 0 Å². The van der Waals surface area contributed by atoms with Crippen LogP contribution in [-0.2, 0) is 16.0 Å². The minimum Gasteiger partial charge on any atom is -0.466 e. The van der Waals surface area contributed by atoms with Crippen LogP contribution in [0.2, 0.25) is 0 Å². The molecule has 5 heteroatoms. The van der Waals surface area contributed by atoms with Gasteiger partial charge in [0.1, 0.15) is 5.82 Å². The average molecular weight is 249 g/mol.